The number of hydrogen-bond acceptors (Lipinski definition) is 5. The van der Waals surface area contributed by atoms with Crippen LogP contribution in [0.3, 0.4) is 0 Å². The van der Waals surface area contributed by atoms with E-state index in [0.29, 0.717) is 24.5 Å². The molecule has 0 spiro atoms. The normalized spacial score (nSPS) is 19.4. The predicted molar refractivity (Wildman–Crippen MR) is 123 cm³/mol. The fourth-order valence-electron chi connectivity index (χ4n) is 4.04. The van der Waals surface area contributed by atoms with Crippen LogP contribution in [-0.2, 0) is 19.6 Å². The molecule has 2 aromatic rings. The van der Waals surface area contributed by atoms with Gasteiger partial charge in [0, 0.05) is 24.5 Å². The summed E-state index contributed by atoms with van der Waals surface area (Å²) in [6.07, 6.45) is 1.70. The van der Waals surface area contributed by atoms with Gasteiger partial charge in [-0.05, 0) is 63.1 Å². The lowest BCUT2D eigenvalue weighted by Gasteiger charge is -2.19. The third-order valence-corrected chi connectivity index (χ3v) is 7.82. The topological polar surface area (TPSA) is 107 Å². The number of carbonyl (C=O) groups excluding carboxylic acids is 3. The molecule has 0 radical (unpaired) electrons. The van der Waals surface area contributed by atoms with Crippen molar-refractivity contribution in [3.8, 4) is 0 Å². The second-order valence-electron chi connectivity index (χ2n) is 8.27. The second kappa shape index (κ2) is 8.95. The molecule has 0 aromatic heterocycles. The molecule has 1 atom stereocenters. The van der Waals surface area contributed by atoms with Crippen molar-refractivity contribution in [1.82, 2.24) is 9.21 Å². The second-order valence-corrected chi connectivity index (χ2v) is 10.2. The van der Waals surface area contributed by atoms with Crippen molar-refractivity contribution in [3.05, 3.63) is 54.1 Å². The van der Waals surface area contributed by atoms with Crippen molar-refractivity contribution >= 4 is 39.2 Å². The standard InChI is InChI=1S/C23H26N4O5S/c1-16-5-9-19(10-6-16)27-17(2)22(29)26(23(27)30)15-21(28)24-18-7-11-20(12-8-18)33(31,32)25-13-3-4-14-25/h5-12,17H,3-4,13-15H2,1-2H3,(H,24,28). The smallest absolute Gasteiger partial charge is 0.325 e. The molecule has 2 aromatic carbocycles. The van der Waals surface area contributed by atoms with Gasteiger partial charge in [-0.2, -0.15) is 4.31 Å². The van der Waals surface area contributed by atoms with Gasteiger partial charge in [0.2, 0.25) is 15.9 Å². The summed E-state index contributed by atoms with van der Waals surface area (Å²) in [4.78, 5) is 40.5. The van der Waals surface area contributed by atoms with E-state index in [1.165, 1.54) is 33.5 Å². The Hall–Kier alpha value is -3.24. The number of urea groups is 1. The number of nitrogens with zero attached hydrogens (tertiary/aromatic N) is 3. The average Bonchev–Trinajstić information content (AvgIpc) is 3.40. The number of hydrogen-bond donors (Lipinski definition) is 1. The molecule has 0 aliphatic carbocycles. The van der Waals surface area contributed by atoms with Gasteiger partial charge in [0.15, 0.2) is 0 Å². The molecule has 2 heterocycles. The van der Waals surface area contributed by atoms with E-state index < -0.39 is 40.5 Å². The highest BCUT2D eigenvalue weighted by Gasteiger charge is 2.44. The van der Waals surface area contributed by atoms with Gasteiger partial charge in [0.25, 0.3) is 5.91 Å². The maximum Gasteiger partial charge on any atom is 0.332 e. The molecule has 4 amide bonds. The van der Waals surface area contributed by atoms with Crippen LogP contribution in [0.1, 0.15) is 25.3 Å². The minimum absolute atomic E-state index is 0.162. The van der Waals surface area contributed by atoms with Gasteiger partial charge in [-0.3, -0.25) is 19.4 Å². The van der Waals surface area contributed by atoms with Crippen LogP contribution >= 0.6 is 0 Å². The van der Waals surface area contributed by atoms with Crippen molar-refractivity contribution in [2.75, 3.05) is 29.9 Å². The zero-order chi connectivity index (χ0) is 23.8. The summed E-state index contributed by atoms with van der Waals surface area (Å²) in [5.41, 5.74) is 1.99. The largest absolute Gasteiger partial charge is 0.332 e. The zero-order valence-corrected chi connectivity index (χ0v) is 19.3. The maximum atomic E-state index is 12.9. The molecule has 10 heteroatoms. The van der Waals surface area contributed by atoms with Crippen molar-refractivity contribution in [3.63, 3.8) is 0 Å². The number of imide groups is 1. The SMILES string of the molecule is Cc1ccc(N2C(=O)N(CC(=O)Nc3ccc(S(=O)(=O)N4CCCC4)cc3)C(=O)C2C)cc1. The Morgan fingerprint density at radius 2 is 1.61 bits per heavy atom. The highest BCUT2D eigenvalue weighted by molar-refractivity contribution is 7.89. The summed E-state index contributed by atoms with van der Waals surface area (Å²) in [5, 5.41) is 2.62. The summed E-state index contributed by atoms with van der Waals surface area (Å²) in [5.74, 6) is -1.01. The molecule has 174 valence electrons. The van der Waals surface area contributed by atoms with E-state index in [1.54, 1.807) is 19.1 Å². The zero-order valence-electron chi connectivity index (χ0n) is 18.5. The summed E-state index contributed by atoms with van der Waals surface area (Å²) in [7, 11) is -3.54. The van der Waals surface area contributed by atoms with Crippen LogP contribution in [0.15, 0.2) is 53.4 Å². The van der Waals surface area contributed by atoms with Crippen molar-refractivity contribution in [1.29, 1.82) is 0 Å². The molecule has 2 aliphatic rings. The van der Waals surface area contributed by atoms with Gasteiger partial charge >= 0.3 is 6.03 Å². The first-order valence-corrected chi connectivity index (χ1v) is 12.2. The molecule has 2 aliphatic heterocycles. The Bertz CT molecular complexity index is 1170. The average molecular weight is 471 g/mol. The lowest BCUT2D eigenvalue weighted by atomic mass is 10.2. The van der Waals surface area contributed by atoms with Crippen LogP contribution in [0.5, 0.6) is 0 Å². The molecule has 2 fully saturated rings. The van der Waals surface area contributed by atoms with Crippen molar-refractivity contribution in [2.24, 2.45) is 0 Å². The van der Waals surface area contributed by atoms with Crippen LogP contribution < -0.4 is 10.2 Å². The molecule has 0 bridgehead atoms. The first-order chi connectivity index (χ1) is 15.7. The van der Waals surface area contributed by atoms with Crippen LogP contribution in [0.4, 0.5) is 16.2 Å². The van der Waals surface area contributed by atoms with E-state index in [0.717, 1.165) is 23.3 Å². The number of carbonyl (C=O) groups is 3. The third kappa shape index (κ3) is 4.49. The highest BCUT2D eigenvalue weighted by atomic mass is 32.2. The fourth-order valence-corrected chi connectivity index (χ4v) is 5.56. The van der Waals surface area contributed by atoms with Crippen LogP contribution in [0.2, 0.25) is 0 Å². The molecule has 9 nitrogen and oxygen atoms in total. The number of anilines is 2. The molecule has 1 unspecified atom stereocenters. The first kappa shape index (κ1) is 22.9. The van der Waals surface area contributed by atoms with Gasteiger partial charge in [0.05, 0.1) is 4.90 Å². The lowest BCUT2D eigenvalue weighted by molar-refractivity contribution is -0.130. The summed E-state index contributed by atoms with van der Waals surface area (Å²) in [6.45, 7) is 4.14. The van der Waals surface area contributed by atoms with E-state index in [2.05, 4.69) is 5.32 Å². The first-order valence-electron chi connectivity index (χ1n) is 10.8. The number of nitrogens with one attached hydrogen (secondary N) is 1. The Balaban J connectivity index is 1.41. The van der Waals surface area contributed by atoms with Crippen LogP contribution in [0.25, 0.3) is 0 Å². The van der Waals surface area contributed by atoms with Gasteiger partial charge in [0.1, 0.15) is 12.6 Å². The molecule has 0 saturated carbocycles. The molecule has 1 N–H and O–H groups in total. The minimum atomic E-state index is -3.54. The molecular weight excluding hydrogens is 444 g/mol. The minimum Gasteiger partial charge on any atom is -0.325 e. The summed E-state index contributed by atoms with van der Waals surface area (Å²) >= 11 is 0. The number of benzene rings is 2. The quantitative estimate of drug-likeness (QED) is 0.653. The molecule has 4 rings (SSSR count). The van der Waals surface area contributed by atoms with E-state index >= 15 is 0 Å². The van der Waals surface area contributed by atoms with Gasteiger partial charge in [-0.15, -0.1) is 0 Å². The molecular formula is C23H26N4O5S. The Kier molecular flexibility index (Phi) is 6.22. The number of rotatable bonds is 6. The summed E-state index contributed by atoms with van der Waals surface area (Å²) in [6, 6.07) is 11.8. The third-order valence-electron chi connectivity index (χ3n) is 5.90. The Morgan fingerprint density at radius 1 is 1.00 bits per heavy atom. The monoisotopic (exact) mass is 470 g/mol. The van der Waals surface area contributed by atoms with E-state index in [1.807, 2.05) is 19.1 Å². The van der Waals surface area contributed by atoms with E-state index in [4.69, 9.17) is 0 Å². The Labute approximate surface area is 193 Å². The predicted octanol–water partition coefficient (Wildman–Crippen LogP) is 2.58. The van der Waals surface area contributed by atoms with Crippen LogP contribution in [0, 0.1) is 6.92 Å². The molecule has 33 heavy (non-hydrogen) atoms. The van der Waals surface area contributed by atoms with E-state index in [-0.39, 0.29) is 4.90 Å². The fraction of sp³-hybridized carbons (Fsp3) is 0.348. The number of aryl methyl sites for hydroxylation is 1. The highest BCUT2D eigenvalue weighted by Crippen LogP contribution is 2.26. The van der Waals surface area contributed by atoms with Crippen molar-refractivity contribution < 1.29 is 22.8 Å². The van der Waals surface area contributed by atoms with Crippen molar-refractivity contribution in [2.45, 2.75) is 37.6 Å². The Morgan fingerprint density at radius 3 is 2.21 bits per heavy atom. The van der Waals surface area contributed by atoms with Gasteiger partial charge < -0.3 is 5.32 Å². The maximum absolute atomic E-state index is 12.9. The molecule has 2 saturated heterocycles. The summed E-state index contributed by atoms with van der Waals surface area (Å²) < 4.78 is 26.7. The number of sulfonamides is 1. The van der Waals surface area contributed by atoms with Gasteiger partial charge in [-0.1, -0.05) is 17.7 Å². The van der Waals surface area contributed by atoms with Gasteiger partial charge in [-0.25, -0.2) is 13.2 Å². The van der Waals surface area contributed by atoms with E-state index in [9.17, 15) is 22.8 Å². The lowest BCUT2D eigenvalue weighted by Crippen LogP contribution is -2.39. The number of amides is 4. The van der Waals surface area contributed by atoms with Crippen LogP contribution in [-0.4, -0.2) is 61.1 Å².